The van der Waals surface area contributed by atoms with Crippen LogP contribution in [0, 0.1) is 6.92 Å². The highest BCUT2D eigenvalue weighted by atomic mass is 16.5. The molecule has 0 saturated heterocycles. The summed E-state index contributed by atoms with van der Waals surface area (Å²) < 4.78 is 23.4. The molecule has 0 radical (unpaired) electrons. The smallest absolute Gasteiger partial charge is 0.347 e. The maximum Gasteiger partial charge on any atom is 0.347 e. The normalized spacial score (nSPS) is 13.1. The highest BCUT2D eigenvalue weighted by molar-refractivity contribution is 6.14. The highest BCUT2D eigenvalue weighted by Crippen LogP contribution is 2.36. The van der Waals surface area contributed by atoms with E-state index in [-0.39, 0.29) is 17.3 Å². The fourth-order valence-electron chi connectivity index (χ4n) is 5.23. The van der Waals surface area contributed by atoms with Crippen molar-refractivity contribution in [3.8, 4) is 28.4 Å². The largest absolute Gasteiger partial charge is 0.489 e. The monoisotopic (exact) mass is 578 g/mol. The molecular weight excluding hydrogens is 552 g/mol. The van der Waals surface area contributed by atoms with Gasteiger partial charge in [-0.3, -0.25) is 4.79 Å². The molecule has 1 aromatic heterocycles. The lowest BCUT2D eigenvalue weighted by Crippen LogP contribution is -2.09. The molecule has 214 valence electrons. The molecule has 2 heterocycles. The number of hydrogen-bond donors (Lipinski definition) is 0. The zero-order chi connectivity index (χ0) is 30.0. The van der Waals surface area contributed by atoms with Gasteiger partial charge < -0.3 is 18.6 Å². The van der Waals surface area contributed by atoms with E-state index in [1.54, 1.807) is 49.4 Å². The minimum atomic E-state index is -0.583. The number of ketones is 1. The second kappa shape index (κ2) is 11.4. The third kappa shape index (κ3) is 5.37. The van der Waals surface area contributed by atoms with Gasteiger partial charge in [-0.15, -0.1) is 0 Å². The van der Waals surface area contributed by atoms with Crippen LogP contribution in [0.3, 0.4) is 0 Å². The van der Waals surface area contributed by atoms with E-state index in [2.05, 4.69) is 0 Å². The first-order valence-electron chi connectivity index (χ1n) is 14.2. The Morgan fingerprint density at radius 2 is 1.48 bits per heavy atom. The Morgan fingerprint density at radius 1 is 0.773 bits per heavy atom. The number of aryl methyl sites for hydroxylation is 1. The van der Waals surface area contributed by atoms with E-state index in [4.69, 9.17) is 18.6 Å². The van der Waals surface area contributed by atoms with Gasteiger partial charge in [0.25, 0.3) is 0 Å². The Labute approximate surface area is 253 Å². The summed E-state index contributed by atoms with van der Waals surface area (Å²) in [5.41, 5.74) is 5.33. The van der Waals surface area contributed by atoms with Gasteiger partial charge in [0.05, 0.1) is 5.56 Å². The molecule has 0 atom stereocenters. The number of rotatable bonds is 7. The van der Waals surface area contributed by atoms with Crippen LogP contribution in [-0.2, 0) is 6.61 Å². The number of benzene rings is 5. The van der Waals surface area contributed by atoms with Crippen molar-refractivity contribution >= 4 is 28.8 Å². The zero-order valence-corrected chi connectivity index (χ0v) is 23.8. The third-order valence-corrected chi connectivity index (χ3v) is 7.46. The van der Waals surface area contributed by atoms with Crippen LogP contribution >= 0.6 is 0 Å². The fourth-order valence-corrected chi connectivity index (χ4v) is 5.23. The molecule has 6 aromatic rings. The second-order valence-corrected chi connectivity index (χ2v) is 10.4. The van der Waals surface area contributed by atoms with Crippen molar-refractivity contribution in [3.63, 3.8) is 0 Å². The number of furan rings is 1. The van der Waals surface area contributed by atoms with Crippen molar-refractivity contribution in [1.29, 1.82) is 0 Å². The number of ether oxygens (including phenoxy) is 3. The molecule has 7 rings (SSSR count). The molecule has 44 heavy (non-hydrogen) atoms. The second-order valence-electron chi connectivity index (χ2n) is 10.4. The van der Waals surface area contributed by atoms with Crippen molar-refractivity contribution in [2.45, 2.75) is 13.5 Å². The fraction of sp³-hybridized carbons (Fsp3) is 0.0526. The Kier molecular flexibility index (Phi) is 7.00. The summed E-state index contributed by atoms with van der Waals surface area (Å²) in [5, 5.41) is 0.592. The number of Topliss-reactive ketones (excluding diaryl/α,β-unsaturated/α-hetero) is 1. The standard InChI is InChI=1S/C38H26O6/c1-24-36(32-21-29(17-19-33(32)42-24)41-23-26-8-4-2-5-9-26)38(40)43-30-16-18-31-34(22-30)44-35(37(31)39)20-25-12-14-28(15-13-25)27-10-6-3-7-11-27/h2-22H,23H2,1H3/b35-20-. The van der Waals surface area contributed by atoms with Crippen LogP contribution in [0.1, 0.15) is 37.6 Å². The summed E-state index contributed by atoms with van der Waals surface area (Å²) >= 11 is 0. The Bertz CT molecular complexity index is 2040. The van der Waals surface area contributed by atoms with Gasteiger partial charge in [0.2, 0.25) is 5.78 Å². The average molecular weight is 579 g/mol. The maximum absolute atomic E-state index is 13.4. The molecule has 6 heteroatoms. The van der Waals surface area contributed by atoms with E-state index in [1.807, 2.05) is 84.9 Å². The third-order valence-electron chi connectivity index (χ3n) is 7.46. The number of carbonyl (C=O) groups is 2. The molecule has 0 fully saturated rings. The lowest BCUT2D eigenvalue weighted by molar-refractivity contribution is 0.0734. The molecule has 0 saturated carbocycles. The van der Waals surface area contributed by atoms with Gasteiger partial charge in [0.15, 0.2) is 5.76 Å². The molecule has 1 aliphatic heterocycles. The van der Waals surface area contributed by atoms with Crippen LogP contribution in [0.15, 0.2) is 132 Å². The van der Waals surface area contributed by atoms with Crippen LogP contribution in [0.2, 0.25) is 0 Å². The van der Waals surface area contributed by atoms with E-state index in [0.29, 0.717) is 46.0 Å². The summed E-state index contributed by atoms with van der Waals surface area (Å²) in [6, 6.07) is 37.9. The van der Waals surface area contributed by atoms with E-state index in [1.165, 1.54) is 0 Å². The quantitative estimate of drug-likeness (QED) is 0.107. The Balaban J connectivity index is 1.07. The zero-order valence-electron chi connectivity index (χ0n) is 23.8. The molecular formula is C38H26O6. The van der Waals surface area contributed by atoms with Crippen LogP contribution in [-0.4, -0.2) is 11.8 Å². The molecule has 0 bridgehead atoms. The Hall–Kier alpha value is -5.88. The number of fused-ring (bicyclic) bond motifs is 2. The molecule has 0 N–H and O–H groups in total. The van der Waals surface area contributed by atoms with Crippen LogP contribution in [0.5, 0.6) is 17.2 Å². The van der Waals surface area contributed by atoms with E-state index < -0.39 is 5.97 Å². The van der Waals surface area contributed by atoms with Gasteiger partial charge in [-0.1, -0.05) is 84.9 Å². The van der Waals surface area contributed by atoms with E-state index in [9.17, 15) is 9.59 Å². The minimum absolute atomic E-state index is 0.204. The lowest BCUT2D eigenvalue weighted by atomic mass is 10.0. The number of esters is 1. The van der Waals surface area contributed by atoms with Crippen LogP contribution in [0.25, 0.3) is 28.2 Å². The van der Waals surface area contributed by atoms with Crippen LogP contribution < -0.4 is 14.2 Å². The molecule has 0 unspecified atom stereocenters. The van der Waals surface area contributed by atoms with Crippen molar-refractivity contribution in [2.24, 2.45) is 0 Å². The van der Waals surface area contributed by atoms with Gasteiger partial charge in [-0.05, 0) is 65.6 Å². The van der Waals surface area contributed by atoms with Crippen molar-refractivity contribution in [2.75, 3.05) is 0 Å². The van der Waals surface area contributed by atoms with Gasteiger partial charge in [-0.25, -0.2) is 4.79 Å². The summed E-state index contributed by atoms with van der Waals surface area (Å²) in [5.74, 6) is 1.01. The molecule has 5 aromatic carbocycles. The predicted octanol–water partition coefficient (Wildman–Crippen LogP) is 8.82. The first kappa shape index (κ1) is 27.0. The number of hydrogen-bond acceptors (Lipinski definition) is 6. The van der Waals surface area contributed by atoms with E-state index >= 15 is 0 Å². The highest BCUT2D eigenvalue weighted by Gasteiger charge is 2.29. The summed E-state index contributed by atoms with van der Waals surface area (Å²) in [6.45, 7) is 2.11. The molecule has 6 nitrogen and oxygen atoms in total. The van der Waals surface area contributed by atoms with Gasteiger partial charge >= 0.3 is 5.97 Å². The molecule has 0 amide bonds. The van der Waals surface area contributed by atoms with Crippen molar-refractivity contribution in [3.05, 3.63) is 155 Å². The Morgan fingerprint density at radius 3 is 2.25 bits per heavy atom. The molecule has 0 spiro atoms. The summed E-state index contributed by atoms with van der Waals surface area (Å²) in [7, 11) is 0. The lowest BCUT2D eigenvalue weighted by Gasteiger charge is -2.07. The topological polar surface area (TPSA) is 75.0 Å². The van der Waals surface area contributed by atoms with Gasteiger partial charge in [0, 0.05) is 11.5 Å². The molecule has 0 aliphatic carbocycles. The number of carbonyl (C=O) groups excluding carboxylic acids is 2. The predicted molar refractivity (Wildman–Crippen MR) is 168 cm³/mol. The molecule has 1 aliphatic rings. The first-order valence-corrected chi connectivity index (χ1v) is 14.2. The summed E-state index contributed by atoms with van der Waals surface area (Å²) in [6.07, 6.45) is 1.71. The summed E-state index contributed by atoms with van der Waals surface area (Å²) in [4.78, 5) is 26.4. The van der Waals surface area contributed by atoms with Gasteiger partial charge in [-0.2, -0.15) is 0 Å². The average Bonchev–Trinajstić information content (AvgIpc) is 3.55. The maximum atomic E-state index is 13.4. The van der Waals surface area contributed by atoms with Crippen molar-refractivity contribution in [1.82, 2.24) is 0 Å². The minimum Gasteiger partial charge on any atom is -0.489 e. The van der Waals surface area contributed by atoms with E-state index in [0.717, 1.165) is 22.3 Å². The van der Waals surface area contributed by atoms with Crippen molar-refractivity contribution < 1.29 is 28.2 Å². The SMILES string of the molecule is Cc1oc2ccc(OCc3ccccc3)cc2c1C(=O)Oc1ccc2c(c1)O/C(=C\c1ccc(-c3ccccc3)cc1)C2=O. The van der Waals surface area contributed by atoms with Crippen LogP contribution in [0.4, 0.5) is 0 Å². The van der Waals surface area contributed by atoms with Gasteiger partial charge in [0.1, 0.15) is 40.8 Å². The number of allylic oxidation sites excluding steroid dienone is 1. The first-order chi connectivity index (χ1) is 21.5.